The van der Waals surface area contributed by atoms with Gasteiger partial charge in [0.15, 0.2) is 0 Å². The van der Waals surface area contributed by atoms with E-state index in [9.17, 15) is 4.79 Å². The van der Waals surface area contributed by atoms with Crippen LogP contribution in [0.3, 0.4) is 0 Å². The Labute approximate surface area is 136 Å². The average Bonchev–Trinajstić information content (AvgIpc) is 2.47. The molecule has 1 aliphatic rings. The van der Waals surface area contributed by atoms with Gasteiger partial charge in [-0.2, -0.15) is 0 Å². The molecule has 1 unspecified atom stereocenters. The van der Waals surface area contributed by atoms with Crippen LogP contribution < -0.4 is 5.32 Å². The molecule has 1 fully saturated rings. The van der Waals surface area contributed by atoms with Crippen LogP contribution in [0.25, 0.3) is 0 Å². The van der Waals surface area contributed by atoms with Gasteiger partial charge in [-0.1, -0.05) is 78.4 Å². The van der Waals surface area contributed by atoms with E-state index in [-0.39, 0.29) is 17.9 Å². The lowest BCUT2D eigenvalue weighted by Gasteiger charge is -2.23. The largest absolute Gasteiger partial charge is 0.352 e. The number of rotatable bonds is 5. The third-order valence-electron chi connectivity index (χ3n) is 4.33. The maximum absolute atomic E-state index is 12.5. The number of carbonyl (C=O) groups excluding carboxylic acids is 1. The summed E-state index contributed by atoms with van der Waals surface area (Å²) in [5, 5.41) is 4.05. The Morgan fingerprint density at radius 2 is 1.71 bits per heavy atom. The highest BCUT2D eigenvalue weighted by atomic mass is 79.9. The molecule has 21 heavy (non-hydrogen) atoms. The Balaban J connectivity index is 1.86. The fraction of sp³-hybridized carbons (Fsp3) is 0.611. The molecule has 0 radical (unpaired) electrons. The standard InChI is InChI=1S/C18H26BrNO/c19-14-17(13-15-9-5-4-6-10-15)20-18(21)16-11-7-2-1-3-8-12-16/h4-6,9-10,16-17H,1-3,7-8,11-14H2,(H,20,21). The Kier molecular flexibility index (Phi) is 7.28. The number of benzene rings is 1. The maximum atomic E-state index is 12.5. The van der Waals surface area contributed by atoms with Gasteiger partial charge in [0, 0.05) is 17.3 Å². The molecule has 1 aromatic rings. The lowest BCUT2D eigenvalue weighted by atomic mass is 9.90. The Bertz CT molecular complexity index is 412. The highest BCUT2D eigenvalue weighted by Crippen LogP contribution is 2.22. The average molecular weight is 352 g/mol. The number of amides is 1. The second kappa shape index (κ2) is 9.24. The third-order valence-corrected chi connectivity index (χ3v) is 5.12. The van der Waals surface area contributed by atoms with Crippen molar-refractivity contribution in [1.82, 2.24) is 5.32 Å². The van der Waals surface area contributed by atoms with Gasteiger partial charge in [0.05, 0.1) is 0 Å². The topological polar surface area (TPSA) is 29.1 Å². The molecule has 2 nitrogen and oxygen atoms in total. The highest BCUT2D eigenvalue weighted by Gasteiger charge is 2.21. The highest BCUT2D eigenvalue weighted by molar-refractivity contribution is 9.09. The summed E-state index contributed by atoms with van der Waals surface area (Å²) in [5.74, 6) is 0.486. The van der Waals surface area contributed by atoms with E-state index >= 15 is 0 Å². The van der Waals surface area contributed by atoms with Gasteiger partial charge in [-0.25, -0.2) is 0 Å². The van der Waals surface area contributed by atoms with Crippen LogP contribution in [-0.2, 0) is 11.2 Å². The van der Waals surface area contributed by atoms with E-state index < -0.39 is 0 Å². The van der Waals surface area contributed by atoms with Crippen LogP contribution >= 0.6 is 15.9 Å². The fourth-order valence-electron chi connectivity index (χ4n) is 3.08. The van der Waals surface area contributed by atoms with E-state index in [1.54, 1.807) is 0 Å². The third kappa shape index (κ3) is 5.82. The summed E-state index contributed by atoms with van der Waals surface area (Å²) >= 11 is 3.54. The molecule has 3 heteroatoms. The fourth-order valence-corrected chi connectivity index (χ4v) is 3.47. The molecule has 1 saturated carbocycles. The molecule has 1 aromatic carbocycles. The molecular formula is C18H26BrNO. The summed E-state index contributed by atoms with van der Waals surface area (Å²) in [5.41, 5.74) is 1.28. The van der Waals surface area contributed by atoms with Crippen molar-refractivity contribution in [3.8, 4) is 0 Å². The summed E-state index contributed by atoms with van der Waals surface area (Å²) in [4.78, 5) is 12.5. The zero-order valence-corrected chi connectivity index (χ0v) is 14.3. The SMILES string of the molecule is O=C(NC(CBr)Cc1ccccc1)C1CCCCCCC1. The van der Waals surface area contributed by atoms with Crippen LogP contribution in [0.2, 0.25) is 0 Å². The molecule has 1 N–H and O–H groups in total. The lowest BCUT2D eigenvalue weighted by Crippen LogP contribution is -2.41. The van der Waals surface area contributed by atoms with Gasteiger partial charge in [0.25, 0.3) is 0 Å². The number of nitrogens with one attached hydrogen (secondary N) is 1. The van der Waals surface area contributed by atoms with Crippen LogP contribution in [0.15, 0.2) is 30.3 Å². The van der Waals surface area contributed by atoms with E-state index in [0.717, 1.165) is 24.6 Å². The number of hydrogen-bond donors (Lipinski definition) is 1. The van der Waals surface area contributed by atoms with Crippen LogP contribution in [0.1, 0.15) is 50.5 Å². The minimum Gasteiger partial charge on any atom is -0.352 e. The number of alkyl halides is 1. The summed E-state index contributed by atoms with van der Waals surface area (Å²) in [7, 11) is 0. The zero-order valence-electron chi connectivity index (χ0n) is 12.7. The van der Waals surface area contributed by atoms with Crippen molar-refractivity contribution >= 4 is 21.8 Å². The van der Waals surface area contributed by atoms with Crippen LogP contribution in [0.5, 0.6) is 0 Å². The van der Waals surface area contributed by atoms with Crippen molar-refractivity contribution in [2.45, 2.75) is 57.4 Å². The van der Waals surface area contributed by atoms with Gasteiger partial charge < -0.3 is 5.32 Å². The lowest BCUT2D eigenvalue weighted by molar-refractivity contribution is -0.126. The minimum absolute atomic E-state index is 0.186. The van der Waals surface area contributed by atoms with Crippen LogP contribution in [-0.4, -0.2) is 17.3 Å². The van der Waals surface area contributed by atoms with Crippen LogP contribution in [0.4, 0.5) is 0 Å². The summed E-state index contributed by atoms with van der Waals surface area (Å²) < 4.78 is 0. The molecule has 0 aliphatic heterocycles. The monoisotopic (exact) mass is 351 g/mol. The normalized spacial score (nSPS) is 18.5. The Morgan fingerprint density at radius 1 is 1.10 bits per heavy atom. The van der Waals surface area contributed by atoms with Crippen LogP contribution in [0, 0.1) is 5.92 Å². The molecule has 0 saturated heterocycles. The Hall–Kier alpha value is -0.830. The van der Waals surface area contributed by atoms with Gasteiger partial charge in [-0.05, 0) is 24.8 Å². The predicted molar refractivity (Wildman–Crippen MR) is 91.7 cm³/mol. The first kappa shape index (κ1) is 16.5. The molecule has 0 aromatic heterocycles. The van der Waals surface area contributed by atoms with Crippen molar-refractivity contribution in [2.24, 2.45) is 5.92 Å². The van der Waals surface area contributed by atoms with E-state index in [1.807, 2.05) is 6.07 Å². The van der Waals surface area contributed by atoms with E-state index in [4.69, 9.17) is 0 Å². The van der Waals surface area contributed by atoms with Crippen molar-refractivity contribution in [2.75, 3.05) is 5.33 Å². The van der Waals surface area contributed by atoms with E-state index in [2.05, 4.69) is 45.5 Å². The van der Waals surface area contributed by atoms with Crippen molar-refractivity contribution < 1.29 is 4.79 Å². The summed E-state index contributed by atoms with van der Waals surface area (Å²) in [6.07, 6.45) is 9.34. The van der Waals surface area contributed by atoms with Crippen molar-refractivity contribution in [1.29, 1.82) is 0 Å². The van der Waals surface area contributed by atoms with E-state index in [1.165, 1.54) is 37.7 Å². The molecule has 0 bridgehead atoms. The number of carbonyl (C=O) groups is 1. The maximum Gasteiger partial charge on any atom is 0.223 e. The second-order valence-corrected chi connectivity index (χ2v) is 6.74. The molecule has 0 heterocycles. The molecule has 1 atom stereocenters. The molecule has 1 amide bonds. The van der Waals surface area contributed by atoms with Gasteiger partial charge in [0.1, 0.15) is 0 Å². The number of halogens is 1. The van der Waals surface area contributed by atoms with Crippen molar-refractivity contribution in [3.05, 3.63) is 35.9 Å². The zero-order chi connectivity index (χ0) is 14.9. The minimum atomic E-state index is 0.186. The first-order valence-corrected chi connectivity index (χ1v) is 9.32. The van der Waals surface area contributed by atoms with Gasteiger partial charge in [-0.15, -0.1) is 0 Å². The summed E-state index contributed by atoms with van der Waals surface area (Å²) in [6.45, 7) is 0. The quantitative estimate of drug-likeness (QED) is 0.779. The number of hydrogen-bond acceptors (Lipinski definition) is 1. The smallest absolute Gasteiger partial charge is 0.223 e. The second-order valence-electron chi connectivity index (χ2n) is 6.09. The molecule has 0 spiro atoms. The Morgan fingerprint density at radius 3 is 2.33 bits per heavy atom. The van der Waals surface area contributed by atoms with E-state index in [0.29, 0.717) is 0 Å². The summed E-state index contributed by atoms with van der Waals surface area (Å²) in [6, 6.07) is 10.6. The van der Waals surface area contributed by atoms with Gasteiger partial charge in [-0.3, -0.25) is 4.79 Å². The molecule has 1 aliphatic carbocycles. The van der Waals surface area contributed by atoms with Gasteiger partial charge in [0.2, 0.25) is 5.91 Å². The first-order chi connectivity index (χ1) is 10.3. The predicted octanol–water partition coefficient (Wildman–Crippen LogP) is 4.47. The van der Waals surface area contributed by atoms with Crippen molar-refractivity contribution in [3.63, 3.8) is 0 Å². The molecule has 116 valence electrons. The van der Waals surface area contributed by atoms with Gasteiger partial charge >= 0.3 is 0 Å². The molecule has 2 rings (SSSR count). The molecular weight excluding hydrogens is 326 g/mol. The first-order valence-electron chi connectivity index (χ1n) is 8.20.